The first-order chi connectivity index (χ1) is 9.10. The predicted molar refractivity (Wildman–Crippen MR) is 77.5 cm³/mol. The smallest absolute Gasteiger partial charge is 0.144 e. The van der Waals surface area contributed by atoms with E-state index in [1.807, 2.05) is 19.9 Å². The van der Waals surface area contributed by atoms with E-state index in [2.05, 4.69) is 5.32 Å². The average Bonchev–Trinajstić information content (AvgIpc) is 2.45. The summed E-state index contributed by atoms with van der Waals surface area (Å²) in [6, 6.07) is 5.35. The van der Waals surface area contributed by atoms with Gasteiger partial charge in [0.25, 0.3) is 0 Å². The maximum absolute atomic E-state index is 9.42. The molecule has 0 amide bonds. The molecule has 5 N–H and O–H groups in total. The summed E-state index contributed by atoms with van der Waals surface area (Å²) in [5, 5.41) is 22.0. The van der Waals surface area contributed by atoms with Crippen LogP contribution in [-0.2, 0) is 0 Å². The molecule has 0 aliphatic rings. The number of benzene rings is 1. The number of aliphatic hydroxyl groups excluding tert-OH is 2. The van der Waals surface area contributed by atoms with Crippen LogP contribution in [0.5, 0.6) is 5.75 Å². The van der Waals surface area contributed by atoms with Crippen molar-refractivity contribution in [2.24, 2.45) is 0 Å². The molecule has 0 aromatic heterocycles. The van der Waals surface area contributed by atoms with Gasteiger partial charge in [-0.05, 0) is 25.0 Å². The molecule has 0 atom stereocenters. The van der Waals surface area contributed by atoms with E-state index in [0.29, 0.717) is 24.5 Å². The number of nitrogens with two attached hydrogens (primary N) is 1. The fraction of sp³-hybridized carbons (Fsp3) is 0.571. The van der Waals surface area contributed by atoms with Crippen LogP contribution in [0.15, 0.2) is 18.2 Å². The second kappa shape index (κ2) is 7.21. The summed E-state index contributed by atoms with van der Waals surface area (Å²) in [6.45, 7) is 4.25. The van der Waals surface area contributed by atoms with Crippen molar-refractivity contribution >= 4 is 11.4 Å². The first kappa shape index (κ1) is 15.6. The Kier molecular flexibility index (Phi) is 5.92. The third kappa shape index (κ3) is 4.01. The highest BCUT2D eigenvalue weighted by Gasteiger charge is 2.26. The van der Waals surface area contributed by atoms with Crippen molar-refractivity contribution in [2.75, 3.05) is 30.9 Å². The van der Waals surface area contributed by atoms with Gasteiger partial charge >= 0.3 is 0 Å². The van der Waals surface area contributed by atoms with Crippen molar-refractivity contribution in [1.29, 1.82) is 0 Å². The van der Waals surface area contributed by atoms with E-state index in [0.717, 1.165) is 12.1 Å². The van der Waals surface area contributed by atoms with Crippen LogP contribution >= 0.6 is 0 Å². The van der Waals surface area contributed by atoms with E-state index in [9.17, 15) is 10.2 Å². The van der Waals surface area contributed by atoms with Gasteiger partial charge in [0.05, 0.1) is 31.0 Å². The lowest BCUT2D eigenvalue weighted by Gasteiger charge is -2.31. The van der Waals surface area contributed by atoms with Gasteiger partial charge in [-0.2, -0.15) is 0 Å². The number of aliphatic hydroxyl groups is 2. The first-order valence-electron chi connectivity index (χ1n) is 6.63. The number of anilines is 2. The normalized spacial score (nSPS) is 11.4. The molecule has 0 saturated carbocycles. The van der Waals surface area contributed by atoms with Gasteiger partial charge in [0.2, 0.25) is 0 Å². The standard InChI is InChI=1S/C14H24N2O3/c1-3-7-19-13-8-11(5-6-12(13)15)16-14(4-2,9-17)10-18/h5-6,8,16-18H,3-4,7,9-10,15H2,1-2H3. The summed E-state index contributed by atoms with van der Waals surface area (Å²) >= 11 is 0. The van der Waals surface area contributed by atoms with E-state index >= 15 is 0 Å². The van der Waals surface area contributed by atoms with Crippen LogP contribution in [-0.4, -0.2) is 35.6 Å². The van der Waals surface area contributed by atoms with Gasteiger partial charge in [-0.3, -0.25) is 0 Å². The van der Waals surface area contributed by atoms with Gasteiger partial charge in [0.1, 0.15) is 5.75 Å². The maximum atomic E-state index is 9.42. The van der Waals surface area contributed by atoms with Crippen LogP contribution in [0.1, 0.15) is 26.7 Å². The van der Waals surface area contributed by atoms with Crippen LogP contribution < -0.4 is 15.8 Å². The van der Waals surface area contributed by atoms with Crippen molar-refractivity contribution in [3.8, 4) is 5.75 Å². The minimum atomic E-state index is -0.724. The van der Waals surface area contributed by atoms with Crippen molar-refractivity contribution in [3.05, 3.63) is 18.2 Å². The Balaban J connectivity index is 2.89. The minimum Gasteiger partial charge on any atom is -0.491 e. The molecular weight excluding hydrogens is 244 g/mol. The molecule has 0 bridgehead atoms. The van der Waals surface area contributed by atoms with Crippen LogP contribution in [0.3, 0.4) is 0 Å². The Hall–Kier alpha value is -1.46. The van der Waals surface area contributed by atoms with Crippen LogP contribution in [0, 0.1) is 0 Å². The van der Waals surface area contributed by atoms with Crippen molar-refractivity contribution in [1.82, 2.24) is 0 Å². The largest absolute Gasteiger partial charge is 0.491 e. The third-order valence-corrected chi connectivity index (χ3v) is 3.17. The van der Waals surface area contributed by atoms with Gasteiger partial charge < -0.3 is 26.0 Å². The van der Waals surface area contributed by atoms with Gasteiger partial charge in [-0.25, -0.2) is 0 Å². The number of ether oxygens (including phenoxy) is 1. The Morgan fingerprint density at radius 3 is 2.47 bits per heavy atom. The Labute approximate surface area is 114 Å². The summed E-state index contributed by atoms with van der Waals surface area (Å²) in [5.41, 5.74) is 6.46. The molecule has 5 nitrogen and oxygen atoms in total. The van der Waals surface area contributed by atoms with E-state index in [1.165, 1.54) is 0 Å². The maximum Gasteiger partial charge on any atom is 0.144 e. The van der Waals surface area contributed by atoms with Gasteiger partial charge in [-0.1, -0.05) is 13.8 Å². The molecule has 0 saturated heterocycles. The molecule has 0 aliphatic carbocycles. The SMILES string of the molecule is CCCOc1cc(NC(CC)(CO)CO)ccc1N. The van der Waals surface area contributed by atoms with Crippen LogP contribution in [0.4, 0.5) is 11.4 Å². The summed E-state index contributed by atoms with van der Waals surface area (Å²) in [7, 11) is 0. The number of hydrogen-bond donors (Lipinski definition) is 4. The molecule has 19 heavy (non-hydrogen) atoms. The molecule has 0 fully saturated rings. The summed E-state index contributed by atoms with van der Waals surface area (Å²) in [5.74, 6) is 0.618. The van der Waals surface area contributed by atoms with E-state index in [-0.39, 0.29) is 13.2 Å². The zero-order valence-electron chi connectivity index (χ0n) is 11.6. The minimum absolute atomic E-state index is 0.143. The van der Waals surface area contributed by atoms with E-state index < -0.39 is 5.54 Å². The van der Waals surface area contributed by atoms with E-state index in [4.69, 9.17) is 10.5 Å². The summed E-state index contributed by atoms with van der Waals surface area (Å²) in [4.78, 5) is 0. The Morgan fingerprint density at radius 2 is 1.95 bits per heavy atom. The molecule has 1 aromatic rings. The summed E-state index contributed by atoms with van der Waals surface area (Å²) < 4.78 is 5.55. The lowest BCUT2D eigenvalue weighted by molar-refractivity contribution is 0.132. The lowest BCUT2D eigenvalue weighted by atomic mass is 9.98. The second-order valence-corrected chi connectivity index (χ2v) is 4.68. The van der Waals surface area contributed by atoms with Crippen LogP contribution in [0.25, 0.3) is 0 Å². The zero-order valence-corrected chi connectivity index (χ0v) is 11.6. The zero-order chi connectivity index (χ0) is 14.3. The first-order valence-corrected chi connectivity index (χ1v) is 6.63. The Bertz CT molecular complexity index is 384. The van der Waals surface area contributed by atoms with E-state index in [1.54, 1.807) is 12.1 Å². The number of rotatable bonds is 8. The van der Waals surface area contributed by atoms with Gasteiger partial charge in [0.15, 0.2) is 0 Å². The molecule has 0 heterocycles. The summed E-state index contributed by atoms with van der Waals surface area (Å²) in [6.07, 6.45) is 1.51. The molecule has 0 spiro atoms. The topological polar surface area (TPSA) is 87.7 Å². The molecule has 0 radical (unpaired) electrons. The number of nitrogens with one attached hydrogen (secondary N) is 1. The van der Waals surface area contributed by atoms with Crippen LogP contribution in [0.2, 0.25) is 0 Å². The van der Waals surface area contributed by atoms with Gasteiger partial charge in [-0.15, -0.1) is 0 Å². The lowest BCUT2D eigenvalue weighted by Crippen LogP contribution is -2.45. The molecule has 108 valence electrons. The van der Waals surface area contributed by atoms with Crippen molar-refractivity contribution in [2.45, 2.75) is 32.2 Å². The highest BCUT2D eigenvalue weighted by atomic mass is 16.5. The highest BCUT2D eigenvalue weighted by Crippen LogP contribution is 2.28. The number of nitrogen functional groups attached to an aromatic ring is 1. The fourth-order valence-corrected chi connectivity index (χ4v) is 1.70. The molecule has 1 rings (SSSR count). The quantitative estimate of drug-likeness (QED) is 0.538. The monoisotopic (exact) mass is 268 g/mol. The molecule has 1 aromatic carbocycles. The van der Waals surface area contributed by atoms with Crippen molar-refractivity contribution < 1.29 is 14.9 Å². The van der Waals surface area contributed by atoms with Gasteiger partial charge in [0, 0.05) is 11.8 Å². The Morgan fingerprint density at radius 1 is 1.26 bits per heavy atom. The second-order valence-electron chi connectivity index (χ2n) is 4.68. The molecular formula is C14H24N2O3. The molecule has 0 aliphatic heterocycles. The fourth-order valence-electron chi connectivity index (χ4n) is 1.70. The molecule has 0 unspecified atom stereocenters. The predicted octanol–water partition coefficient (Wildman–Crippen LogP) is 1.60. The molecule has 5 heteroatoms. The average molecular weight is 268 g/mol. The van der Waals surface area contributed by atoms with Crippen molar-refractivity contribution in [3.63, 3.8) is 0 Å². The third-order valence-electron chi connectivity index (χ3n) is 3.17. The highest BCUT2D eigenvalue weighted by molar-refractivity contribution is 5.62. The number of hydrogen-bond acceptors (Lipinski definition) is 5.